The number of anilines is 1. The summed E-state index contributed by atoms with van der Waals surface area (Å²) in [5.41, 5.74) is 4.03. The molecule has 180 valence electrons. The first-order chi connectivity index (χ1) is 17.9. The summed E-state index contributed by atoms with van der Waals surface area (Å²) in [5.74, 6) is 0.0914. The van der Waals surface area contributed by atoms with Gasteiger partial charge in [0, 0.05) is 21.1 Å². The van der Waals surface area contributed by atoms with Crippen LogP contribution in [0.25, 0.3) is 44.7 Å². The van der Waals surface area contributed by atoms with Crippen molar-refractivity contribution in [3.05, 3.63) is 116 Å². The first-order valence-electron chi connectivity index (χ1n) is 11.3. The number of carbonyl (C=O) groups excluding carboxylic acids is 1. The number of nitrogens with zero attached hydrogens (tertiary/aromatic N) is 1. The molecule has 0 saturated carbocycles. The lowest BCUT2D eigenvalue weighted by atomic mass is 10.0. The summed E-state index contributed by atoms with van der Waals surface area (Å²) >= 11 is 9.74. The molecule has 8 heteroatoms. The minimum Gasteiger partial charge on any atom is -0.436 e. The maximum absolute atomic E-state index is 12.9. The van der Waals surface area contributed by atoms with Crippen LogP contribution >= 0.6 is 27.5 Å². The third kappa shape index (κ3) is 4.55. The van der Waals surface area contributed by atoms with Crippen molar-refractivity contribution in [2.75, 3.05) is 5.32 Å². The summed E-state index contributed by atoms with van der Waals surface area (Å²) in [6, 6.07) is 26.6. The highest BCUT2D eigenvalue weighted by molar-refractivity contribution is 9.10. The number of hydrogen-bond donors (Lipinski definition) is 1. The van der Waals surface area contributed by atoms with Crippen LogP contribution in [0.3, 0.4) is 0 Å². The minimum absolute atomic E-state index is 0.296. The van der Waals surface area contributed by atoms with Crippen LogP contribution in [0.2, 0.25) is 5.02 Å². The molecule has 0 bridgehead atoms. The van der Waals surface area contributed by atoms with Crippen molar-refractivity contribution in [3.63, 3.8) is 0 Å². The summed E-state index contributed by atoms with van der Waals surface area (Å²) in [4.78, 5) is 29.9. The Morgan fingerprint density at radius 2 is 1.65 bits per heavy atom. The van der Waals surface area contributed by atoms with E-state index in [4.69, 9.17) is 20.4 Å². The lowest BCUT2D eigenvalue weighted by Crippen LogP contribution is -2.11. The summed E-state index contributed by atoms with van der Waals surface area (Å²) in [5, 5.41) is 4.23. The van der Waals surface area contributed by atoms with Crippen molar-refractivity contribution < 1.29 is 13.6 Å². The highest BCUT2D eigenvalue weighted by atomic mass is 79.9. The Labute approximate surface area is 223 Å². The van der Waals surface area contributed by atoms with Gasteiger partial charge in [-0.1, -0.05) is 57.9 Å². The van der Waals surface area contributed by atoms with Gasteiger partial charge in [0.05, 0.1) is 16.1 Å². The van der Waals surface area contributed by atoms with Crippen molar-refractivity contribution in [2.45, 2.75) is 0 Å². The van der Waals surface area contributed by atoms with E-state index in [-0.39, 0.29) is 5.91 Å². The van der Waals surface area contributed by atoms with E-state index in [1.54, 1.807) is 60.7 Å². The smallest absolute Gasteiger partial charge is 0.344 e. The van der Waals surface area contributed by atoms with E-state index in [2.05, 4.69) is 26.2 Å². The van der Waals surface area contributed by atoms with E-state index < -0.39 is 5.63 Å². The molecule has 0 fully saturated rings. The lowest BCUT2D eigenvalue weighted by Gasteiger charge is -2.07. The van der Waals surface area contributed by atoms with Crippen LogP contribution in [-0.2, 0) is 0 Å². The van der Waals surface area contributed by atoms with Crippen LogP contribution in [0.5, 0.6) is 0 Å². The standard InChI is InChI=1S/C29H16BrClN2O4/c30-19-9-11-23(31)22(14-19)28-33-24-15-20(10-12-26(24)36-28)32-27(34)17-7-5-16(6-8-17)21-13-18-3-1-2-4-25(18)37-29(21)35/h1-15H,(H,32,34). The monoisotopic (exact) mass is 570 g/mol. The molecule has 0 radical (unpaired) electrons. The van der Waals surface area contributed by atoms with Gasteiger partial charge in [-0.2, -0.15) is 0 Å². The average molecular weight is 572 g/mol. The van der Waals surface area contributed by atoms with E-state index >= 15 is 0 Å². The van der Waals surface area contributed by atoms with E-state index in [9.17, 15) is 9.59 Å². The molecule has 1 N–H and O–H groups in total. The van der Waals surface area contributed by atoms with Crippen molar-refractivity contribution >= 4 is 61.2 Å². The van der Waals surface area contributed by atoms with E-state index in [1.165, 1.54) is 0 Å². The second-order valence-corrected chi connectivity index (χ2v) is 9.67. The predicted molar refractivity (Wildman–Crippen MR) is 148 cm³/mol. The van der Waals surface area contributed by atoms with Crippen LogP contribution in [-0.4, -0.2) is 10.9 Å². The van der Waals surface area contributed by atoms with Gasteiger partial charge in [0.25, 0.3) is 5.91 Å². The zero-order valence-electron chi connectivity index (χ0n) is 19.0. The van der Waals surface area contributed by atoms with Gasteiger partial charge < -0.3 is 14.2 Å². The maximum Gasteiger partial charge on any atom is 0.344 e. The van der Waals surface area contributed by atoms with Crippen LogP contribution in [0.1, 0.15) is 10.4 Å². The molecule has 6 nitrogen and oxygen atoms in total. The molecule has 2 aromatic heterocycles. The number of benzene rings is 4. The Balaban J connectivity index is 1.24. The zero-order valence-corrected chi connectivity index (χ0v) is 21.3. The second-order valence-electron chi connectivity index (χ2n) is 8.34. The molecule has 0 aliphatic carbocycles. The Morgan fingerprint density at radius 3 is 2.49 bits per heavy atom. The number of nitrogens with one attached hydrogen (secondary N) is 1. The van der Waals surface area contributed by atoms with Gasteiger partial charge in [0.1, 0.15) is 11.1 Å². The van der Waals surface area contributed by atoms with Gasteiger partial charge in [0.15, 0.2) is 5.58 Å². The van der Waals surface area contributed by atoms with E-state index in [0.717, 1.165) is 9.86 Å². The summed E-state index contributed by atoms with van der Waals surface area (Å²) < 4.78 is 12.1. The predicted octanol–water partition coefficient (Wildman–Crippen LogP) is 7.94. The maximum atomic E-state index is 12.9. The fourth-order valence-electron chi connectivity index (χ4n) is 4.05. The molecule has 4 aromatic carbocycles. The number of fused-ring (bicyclic) bond motifs is 2. The molecule has 6 rings (SSSR count). The van der Waals surface area contributed by atoms with E-state index in [0.29, 0.717) is 55.5 Å². The van der Waals surface area contributed by atoms with Crippen LogP contribution < -0.4 is 10.9 Å². The number of halogens is 2. The van der Waals surface area contributed by atoms with Gasteiger partial charge in [0.2, 0.25) is 5.89 Å². The molecule has 0 unspecified atom stereocenters. The first-order valence-corrected chi connectivity index (χ1v) is 12.4. The molecule has 0 atom stereocenters. The van der Waals surface area contributed by atoms with Crippen LogP contribution in [0, 0.1) is 0 Å². The number of oxazole rings is 1. The lowest BCUT2D eigenvalue weighted by molar-refractivity contribution is 0.102. The average Bonchev–Trinajstić information content (AvgIpc) is 3.33. The van der Waals surface area contributed by atoms with Crippen LogP contribution in [0.4, 0.5) is 5.69 Å². The Bertz CT molecular complexity index is 1880. The highest BCUT2D eigenvalue weighted by Crippen LogP contribution is 2.33. The van der Waals surface area contributed by atoms with Crippen molar-refractivity contribution in [3.8, 4) is 22.6 Å². The summed E-state index contributed by atoms with van der Waals surface area (Å²) in [7, 11) is 0. The molecular weight excluding hydrogens is 556 g/mol. The van der Waals surface area contributed by atoms with Crippen LogP contribution in [0.15, 0.2) is 109 Å². The van der Waals surface area contributed by atoms with Gasteiger partial charge in [-0.25, -0.2) is 9.78 Å². The van der Waals surface area contributed by atoms with Crippen molar-refractivity contribution in [2.24, 2.45) is 0 Å². The number of rotatable bonds is 4. The number of aromatic nitrogens is 1. The quantitative estimate of drug-likeness (QED) is 0.217. The van der Waals surface area contributed by atoms with Crippen molar-refractivity contribution in [1.29, 1.82) is 0 Å². The Hall–Kier alpha value is -4.20. The van der Waals surface area contributed by atoms with Gasteiger partial charge in [-0.05, 0) is 66.2 Å². The van der Waals surface area contributed by atoms with Gasteiger partial charge in [-0.15, -0.1) is 0 Å². The number of amides is 1. The van der Waals surface area contributed by atoms with Gasteiger partial charge >= 0.3 is 5.63 Å². The molecular formula is C29H16BrClN2O4. The number of hydrogen-bond acceptors (Lipinski definition) is 5. The fourth-order valence-corrected chi connectivity index (χ4v) is 4.61. The largest absolute Gasteiger partial charge is 0.436 e. The molecule has 0 saturated heterocycles. The molecule has 0 aliphatic heterocycles. The van der Waals surface area contributed by atoms with E-state index in [1.807, 2.05) is 30.3 Å². The van der Waals surface area contributed by atoms with Crippen molar-refractivity contribution in [1.82, 2.24) is 4.98 Å². The third-order valence-corrected chi connectivity index (χ3v) is 6.73. The number of carbonyl (C=O) groups is 1. The second kappa shape index (κ2) is 9.35. The summed E-state index contributed by atoms with van der Waals surface area (Å²) in [6.07, 6.45) is 0. The SMILES string of the molecule is O=C(Nc1ccc2oc(-c3cc(Br)ccc3Cl)nc2c1)c1ccc(-c2cc3ccccc3oc2=O)cc1. The molecule has 1 amide bonds. The first kappa shape index (κ1) is 23.2. The molecule has 0 spiro atoms. The normalized spacial score (nSPS) is 11.2. The third-order valence-electron chi connectivity index (χ3n) is 5.90. The molecule has 37 heavy (non-hydrogen) atoms. The topological polar surface area (TPSA) is 85.3 Å². The Kier molecular flexibility index (Phi) is 5.87. The molecule has 0 aliphatic rings. The highest BCUT2D eigenvalue weighted by Gasteiger charge is 2.14. The molecule has 2 heterocycles. The molecule has 6 aromatic rings. The fraction of sp³-hybridized carbons (Fsp3) is 0. The summed E-state index contributed by atoms with van der Waals surface area (Å²) in [6.45, 7) is 0. The zero-order chi connectivity index (χ0) is 25.5. The van der Waals surface area contributed by atoms with Gasteiger partial charge in [-0.3, -0.25) is 4.79 Å². The number of para-hydroxylation sites is 1. The minimum atomic E-state index is -0.430. The Morgan fingerprint density at radius 1 is 0.838 bits per heavy atom.